The molecule has 138 valence electrons. The van der Waals surface area contributed by atoms with Crippen molar-refractivity contribution in [2.75, 3.05) is 51.5 Å². The summed E-state index contributed by atoms with van der Waals surface area (Å²) >= 11 is 0. The quantitative estimate of drug-likeness (QED) is 0.761. The molecule has 26 heavy (non-hydrogen) atoms. The van der Waals surface area contributed by atoms with Gasteiger partial charge in [0.2, 0.25) is 0 Å². The molecule has 1 fully saturated rings. The van der Waals surface area contributed by atoms with Crippen LogP contribution in [0, 0.1) is 0 Å². The number of hydrogen-bond donors (Lipinski definition) is 1. The molecule has 1 aliphatic heterocycles. The summed E-state index contributed by atoms with van der Waals surface area (Å²) in [6.45, 7) is 3.82. The van der Waals surface area contributed by atoms with E-state index in [1.807, 2.05) is 36.4 Å². The van der Waals surface area contributed by atoms with Crippen LogP contribution < -0.4 is 19.7 Å². The van der Waals surface area contributed by atoms with Crippen LogP contribution in [-0.4, -0.2) is 57.5 Å². The van der Waals surface area contributed by atoms with Gasteiger partial charge in [0.05, 0.1) is 26.9 Å². The maximum atomic E-state index is 12.3. The Morgan fingerprint density at radius 1 is 1.19 bits per heavy atom. The molecule has 0 unspecified atom stereocenters. The number of nitrogens with zero attached hydrogens (tertiary/aromatic N) is 2. The molecular weight excluding hydrogens is 334 g/mol. The summed E-state index contributed by atoms with van der Waals surface area (Å²) in [5, 5.41) is 2.83. The largest absolute Gasteiger partial charge is 0.497 e. The van der Waals surface area contributed by atoms with E-state index in [9.17, 15) is 4.79 Å². The summed E-state index contributed by atoms with van der Waals surface area (Å²) in [5.74, 6) is 1.29. The van der Waals surface area contributed by atoms with Crippen molar-refractivity contribution >= 4 is 11.6 Å². The number of morpholine rings is 1. The molecule has 3 rings (SSSR count). The predicted octanol–water partition coefficient (Wildman–Crippen LogP) is 1.74. The number of hydrogen-bond acceptors (Lipinski definition) is 6. The average molecular weight is 357 g/mol. The summed E-state index contributed by atoms with van der Waals surface area (Å²) in [5.41, 5.74) is 1.39. The van der Waals surface area contributed by atoms with Gasteiger partial charge in [-0.2, -0.15) is 0 Å². The molecule has 7 nitrogen and oxygen atoms in total. The predicted molar refractivity (Wildman–Crippen MR) is 98.1 cm³/mol. The smallest absolute Gasteiger partial charge is 0.270 e. The Morgan fingerprint density at radius 3 is 2.65 bits per heavy atom. The first-order valence-electron chi connectivity index (χ1n) is 8.60. The van der Waals surface area contributed by atoms with E-state index in [1.54, 1.807) is 13.3 Å². The van der Waals surface area contributed by atoms with Gasteiger partial charge in [0, 0.05) is 25.0 Å². The zero-order valence-electron chi connectivity index (χ0n) is 14.8. The van der Waals surface area contributed by atoms with Gasteiger partial charge in [-0.1, -0.05) is 0 Å². The summed E-state index contributed by atoms with van der Waals surface area (Å²) < 4.78 is 16.1. The Labute approximate surface area is 152 Å². The second-order valence-corrected chi connectivity index (χ2v) is 5.78. The van der Waals surface area contributed by atoms with Crippen molar-refractivity contribution in [3.63, 3.8) is 0 Å². The molecule has 0 atom stereocenters. The van der Waals surface area contributed by atoms with Crippen molar-refractivity contribution < 1.29 is 19.0 Å². The molecule has 1 aliphatic rings. The second kappa shape index (κ2) is 9.05. The van der Waals surface area contributed by atoms with Gasteiger partial charge in [-0.15, -0.1) is 0 Å². The molecule has 0 aliphatic carbocycles. The van der Waals surface area contributed by atoms with Crippen LogP contribution in [0.25, 0.3) is 0 Å². The van der Waals surface area contributed by atoms with Crippen LogP contribution in [-0.2, 0) is 4.74 Å². The Balaban J connectivity index is 1.47. The highest BCUT2D eigenvalue weighted by atomic mass is 16.5. The third-order valence-electron chi connectivity index (χ3n) is 4.07. The summed E-state index contributed by atoms with van der Waals surface area (Å²) in [6, 6.07) is 11.0. The summed E-state index contributed by atoms with van der Waals surface area (Å²) in [6.07, 6.45) is 1.66. The normalized spacial score (nSPS) is 14.0. The van der Waals surface area contributed by atoms with E-state index in [1.165, 1.54) is 0 Å². The van der Waals surface area contributed by atoms with E-state index in [-0.39, 0.29) is 5.91 Å². The highest BCUT2D eigenvalue weighted by molar-refractivity contribution is 5.93. The first-order valence-corrected chi connectivity index (χ1v) is 8.60. The van der Waals surface area contributed by atoms with Crippen LogP contribution >= 0.6 is 0 Å². The van der Waals surface area contributed by atoms with Crippen molar-refractivity contribution in [2.45, 2.75) is 0 Å². The average Bonchev–Trinajstić information content (AvgIpc) is 2.72. The highest BCUT2D eigenvalue weighted by Gasteiger charge is 2.14. The number of ether oxygens (including phenoxy) is 3. The number of aromatic nitrogens is 1. The lowest BCUT2D eigenvalue weighted by atomic mass is 10.2. The van der Waals surface area contributed by atoms with Gasteiger partial charge in [-0.25, -0.2) is 0 Å². The number of pyridine rings is 1. The van der Waals surface area contributed by atoms with Gasteiger partial charge in [-0.3, -0.25) is 9.78 Å². The van der Waals surface area contributed by atoms with Crippen molar-refractivity contribution in [3.05, 3.63) is 48.3 Å². The number of nitrogens with one attached hydrogen (secondary N) is 1. The lowest BCUT2D eigenvalue weighted by Crippen LogP contribution is -2.36. The molecule has 1 aromatic carbocycles. The molecular formula is C19H23N3O4. The third-order valence-corrected chi connectivity index (χ3v) is 4.07. The van der Waals surface area contributed by atoms with Crippen molar-refractivity contribution in [2.24, 2.45) is 0 Å². The minimum atomic E-state index is -0.210. The van der Waals surface area contributed by atoms with Crippen molar-refractivity contribution in [1.82, 2.24) is 10.3 Å². The number of rotatable bonds is 7. The van der Waals surface area contributed by atoms with Crippen molar-refractivity contribution in [3.8, 4) is 11.5 Å². The second-order valence-electron chi connectivity index (χ2n) is 5.78. The first kappa shape index (κ1) is 18.0. The summed E-state index contributed by atoms with van der Waals surface area (Å²) in [4.78, 5) is 18.6. The number of amides is 1. The maximum Gasteiger partial charge on any atom is 0.270 e. The van der Waals surface area contributed by atoms with Gasteiger partial charge in [0.25, 0.3) is 5.91 Å². The lowest BCUT2D eigenvalue weighted by Gasteiger charge is -2.28. The van der Waals surface area contributed by atoms with E-state index >= 15 is 0 Å². The van der Waals surface area contributed by atoms with Crippen LogP contribution in [0.2, 0.25) is 0 Å². The van der Waals surface area contributed by atoms with E-state index in [0.717, 1.165) is 30.3 Å². The van der Waals surface area contributed by atoms with Crippen LogP contribution in [0.3, 0.4) is 0 Å². The van der Waals surface area contributed by atoms with Crippen molar-refractivity contribution in [1.29, 1.82) is 0 Å². The van der Waals surface area contributed by atoms with Gasteiger partial charge in [0.15, 0.2) is 0 Å². The lowest BCUT2D eigenvalue weighted by molar-refractivity contribution is 0.0942. The molecule has 1 aromatic heterocycles. The minimum absolute atomic E-state index is 0.210. The fraction of sp³-hybridized carbons (Fsp3) is 0.368. The van der Waals surface area contributed by atoms with Crippen LogP contribution in [0.1, 0.15) is 10.5 Å². The number of carbonyl (C=O) groups excluding carboxylic acids is 1. The zero-order chi connectivity index (χ0) is 18.2. The fourth-order valence-electron chi connectivity index (χ4n) is 2.66. The first-order chi connectivity index (χ1) is 12.8. The Morgan fingerprint density at radius 2 is 1.92 bits per heavy atom. The molecule has 1 amide bonds. The number of anilines is 1. The fourth-order valence-corrected chi connectivity index (χ4v) is 2.66. The standard InChI is InChI=1S/C19H23N3O4/c1-24-16-2-4-17(5-3-16)26-11-8-21-19(23)18-14-15(6-7-20-18)22-9-12-25-13-10-22/h2-7,14H,8-13H2,1H3,(H,21,23). The summed E-state index contributed by atoms with van der Waals surface area (Å²) in [7, 11) is 1.62. The van der Waals surface area contributed by atoms with Gasteiger partial charge >= 0.3 is 0 Å². The monoisotopic (exact) mass is 357 g/mol. The topological polar surface area (TPSA) is 72.9 Å². The zero-order valence-corrected chi connectivity index (χ0v) is 14.8. The number of benzene rings is 1. The maximum absolute atomic E-state index is 12.3. The Bertz CT molecular complexity index is 715. The molecule has 1 saturated heterocycles. The van der Waals surface area contributed by atoms with Crippen LogP contribution in [0.4, 0.5) is 5.69 Å². The molecule has 7 heteroatoms. The molecule has 0 saturated carbocycles. The SMILES string of the molecule is COc1ccc(OCCNC(=O)c2cc(N3CCOCC3)ccn2)cc1. The highest BCUT2D eigenvalue weighted by Crippen LogP contribution is 2.17. The van der Waals surface area contributed by atoms with E-state index in [0.29, 0.717) is 32.1 Å². The molecule has 1 N–H and O–H groups in total. The number of carbonyl (C=O) groups is 1. The molecule has 0 spiro atoms. The van der Waals surface area contributed by atoms with E-state index in [2.05, 4.69) is 15.2 Å². The van der Waals surface area contributed by atoms with Crippen LogP contribution in [0.15, 0.2) is 42.6 Å². The molecule has 0 bridgehead atoms. The third kappa shape index (κ3) is 4.86. The van der Waals surface area contributed by atoms with E-state index < -0.39 is 0 Å². The van der Waals surface area contributed by atoms with Crippen LogP contribution in [0.5, 0.6) is 11.5 Å². The molecule has 2 heterocycles. The minimum Gasteiger partial charge on any atom is -0.497 e. The molecule has 2 aromatic rings. The Hall–Kier alpha value is -2.80. The Kier molecular flexibility index (Phi) is 6.27. The molecule has 0 radical (unpaired) electrons. The van der Waals surface area contributed by atoms with Gasteiger partial charge in [0.1, 0.15) is 23.8 Å². The van der Waals surface area contributed by atoms with E-state index in [4.69, 9.17) is 14.2 Å². The van der Waals surface area contributed by atoms with Gasteiger partial charge < -0.3 is 24.4 Å². The number of methoxy groups -OCH3 is 1. The van der Waals surface area contributed by atoms with Gasteiger partial charge in [-0.05, 0) is 36.4 Å².